The predicted octanol–water partition coefficient (Wildman–Crippen LogP) is 3.33. The lowest BCUT2D eigenvalue weighted by molar-refractivity contribution is -0.137. The van der Waals surface area contributed by atoms with E-state index >= 15 is 0 Å². The maximum Gasteiger partial charge on any atom is 0.416 e. The molecule has 12 heteroatoms. The Labute approximate surface area is 193 Å². The van der Waals surface area contributed by atoms with E-state index in [1.807, 2.05) is 0 Å². The highest BCUT2D eigenvalue weighted by atomic mass is 32.2. The Morgan fingerprint density at radius 1 is 1.03 bits per heavy atom. The van der Waals surface area contributed by atoms with Gasteiger partial charge in [0.15, 0.2) is 9.84 Å². The highest BCUT2D eigenvalue weighted by Gasteiger charge is 2.30. The van der Waals surface area contributed by atoms with Gasteiger partial charge in [-0.05, 0) is 49.4 Å². The first-order chi connectivity index (χ1) is 16.0. The van der Waals surface area contributed by atoms with Crippen LogP contribution < -0.4 is 10.6 Å². The number of aromatic nitrogens is 2. The third-order valence-electron chi connectivity index (χ3n) is 4.82. The van der Waals surface area contributed by atoms with Crippen molar-refractivity contribution in [1.82, 2.24) is 20.6 Å². The Bertz CT molecular complexity index is 1250. The highest BCUT2D eigenvalue weighted by molar-refractivity contribution is 7.91. The van der Waals surface area contributed by atoms with Crippen LogP contribution in [0.5, 0.6) is 0 Å². The van der Waals surface area contributed by atoms with Gasteiger partial charge in [-0.1, -0.05) is 12.1 Å². The summed E-state index contributed by atoms with van der Waals surface area (Å²) in [5.74, 6) is -1.59. The number of alkyl halides is 3. The van der Waals surface area contributed by atoms with Gasteiger partial charge in [-0.15, -0.1) is 0 Å². The van der Waals surface area contributed by atoms with Crippen molar-refractivity contribution in [2.75, 3.05) is 5.88 Å². The summed E-state index contributed by atoms with van der Waals surface area (Å²) in [5, 5.41) is 5.21. The number of rotatable bonds is 8. The zero-order valence-corrected chi connectivity index (χ0v) is 18.6. The SMILES string of the molecule is C[C@@H](NCS(=O)(=O)c1ccc(F)cc1)C(=O)NCc1cc(-c2ccc(C(F)(F)F)cc2)ncn1. The molecule has 3 aromatic rings. The van der Waals surface area contributed by atoms with E-state index in [1.54, 1.807) is 0 Å². The number of carbonyl (C=O) groups is 1. The number of nitrogens with zero attached hydrogens (tertiary/aromatic N) is 2. The van der Waals surface area contributed by atoms with Crippen LogP contribution in [0.15, 0.2) is 65.8 Å². The summed E-state index contributed by atoms with van der Waals surface area (Å²) in [7, 11) is -3.77. The van der Waals surface area contributed by atoms with Crippen molar-refractivity contribution >= 4 is 15.7 Å². The molecule has 0 aliphatic rings. The van der Waals surface area contributed by atoms with E-state index in [9.17, 15) is 30.8 Å². The Morgan fingerprint density at radius 2 is 1.68 bits per heavy atom. The van der Waals surface area contributed by atoms with E-state index in [4.69, 9.17) is 0 Å². The molecule has 180 valence electrons. The van der Waals surface area contributed by atoms with Crippen LogP contribution in [0, 0.1) is 5.82 Å². The minimum Gasteiger partial charge on any atom is -0.349 e. The van der Waals surface area contributed by atoms with Crippen molar-refractivity contribution in [1.29, 1.82) is 0 Å². The minimum atomic E-state index is -4.44. The van der Waals surface area contributed by atoms with Gasteiger partial charge < -0.3 is 5.32 Å². The summed E-state index contributed by atoms with van der Waals surface area (Å²) in [6, 6.07) is 9.49. The second-order valence-corrected chi connectivity index (χ2v) is 9.32. The van der Waals surface area contributed by atoms with Gasteiger partial charge in [0.05, 0.1) is 34.4 Å². The fraction of sp³-hybridized carbons (Fsp3) is 0.227. The molecule has 0 spiro atoms. The van der Waals surface area contributed by atoms with Crippen molar-refractivity contribution < 1.29 is 30.8 Å². The molecule has 3 rings (SSSR count). The fourth-order valence-electron chi connectivity index (χ4n) is 2.87. The van der Waals surface area contributed by atoms with Crippen LogP contribution in [0.1, 0.15) is 18.2 Å². The van der Waals surface area contributed by atoms with E-state index in [1.165, 1.54) is 31.5 Å². The first-order valence-electron chi connectivity index (χ1n) is 9.94. The zero-order valence-electron chi connectivity index (χ0n) is 17.8. The molecule has 0 bridgehead atoms. The number of amides is 1. The van der Waals surface area contributed by atoms with Gasteiger partial charge in [-0.25, -0.2) is 22.8 Å². The average molecular weight is 496 g/mol. The second-order valence-electron chi connectivity index (χ2n) is 7.33. The maximum atomic E-state index is 13.0. The van der Waals surface area contributed by atoms with Crippen LogP contribution in [-0.4, -0.2) is 36.2 Å². The summed E-state index contributed by atoms with van der Waals surface area (Å²) in [5.41, 5.74) is 0.457. The molecule has 0 saturated heterocycles. The van der Waals surface area contributed by atoms with Gasteiger partial charge >= 0.3 is 6.18 Å². The predicted molar refractivity (Wildman–Crippen MR) is 115 cm³/mol. The Morgan fingerprint density at radius 3 is 2.29 bits per heavy atom. The lowest BCUT2D eigenvalue weighted by atomic mass is 10.1. The number of carbonyl (C=O) groups excluding carboxylic acids is 1. The summed E-state index contributed by atoms with van der Waals surface area (Å²) in [6.07, 6.45) is -3.21. The van der Waals surface area contributed by atoms with Crippen LogP contribution in [0.4, 0.5) is 17.6 Å². The molecule has 0 radical (unpaired) electrons. The molecule has 1 aromatic heterocycles. The van der Waals surface area contributed by atoms with E-state index in [0.717, 1.165) is 36.4 Å². The molecule has 0 saturated carbocycles. The van der Waals surface area contributed by atoms with Crippen molar-refractivity contribution in [2.24, 2.45) is 0 Å². The number of sulfone groups is 1. The van der Waals surface area contributed by atoms with Gasteiger partial charge in [0.2, 0.25) is 5.91 Å². The summed E-state index contributed by atoms with van der Waals surface area (Å²) < 4.78 is 75.8. The molecule has 1 heterocycles. The van der Waals surface area contributed by atoms with Gasteiger partial charge in [-0.2, -0.15) is 13.2 Å². The first kappa shape index (κ1) is 25.2. The van der Waals surface area contributed by atoms with E-state index < -0.39 is 45.2 Å². The topological polar surface area (TPSA) is 101 Å². The molecular formula is C22H20F4N4O3S. The summed E-state index contributed by atoms with van der Waals surface area (Å²) >= 11 is 0. The Kier molecular flexibility index (Phi) is 7.62. The number of benzene rings is 2. The molecule has 0 unspecified atom stereocenters. The Hall–Kier alpha value is -3.38. The lowest BCUT2D eigenvalue weighted by Gasteiger charge is -2.14. The molecular weight excluding hydrogens is 476 g/mol. The Balaban J connectivity index is 1.56. The van der Waals surface area contributed by atoms with E-state index in [2.05, 4.69) is 20.6 Å². The number of nitrogens with one attached hydrogen (secondary N) is 2. The molecule has 7 nitrogen and oxygen atoms in total. The molecule has 0 aliphatic carbocycles. The zero-order chi connectivity index (χ0) is 24.9. The van der Waals surface area contributed by atoms with E-state index in [0.29, 0.717) is 17.0 Å². The smallest absolute Gasteiger partial charge is 0.349 e. The third-order valence-corrected chi connectivity index (χ3v) is 6.36. The van der Waals surface area contributed by atoms with Gasteiger partial charge in [0.1, 0.15) is 18.0 Å². The average Bonchev–Trinajstić information content (AvgIpc) is 2.81. The van der Waals surface area contributed by atoms with Crippen LogP contribution in [0.2, 0.25) is 0 Å². The second kappa shape index (κ2) is 10.3. The van der Waals surface area contributed by atoms with Crippen molar-refractivity contribution in [2.45, 2.75) is 30.6 Å². The van der Waals surface area contributed by atoms with Gasteiger partial charge in [0, 0.05) is 5.56 Å². The maximum absolute atomic E-state index is 13.0. The minimum absolute atomic E-state index is 0.00821. The number of hydrogen-bond donors (Lipinski definition) is 2. The molecule has 0 aliphatic heterocycles. The largest absolute Gasteiger partial charge is 0.416 e. The van der Waals surface area contributed by atoms with Crippen molar-refractivity contribution in [3.8, 4) is 11.3 Å². The van der Waals surface area contributed by atoms with E-state index in [-0.39, 0.29) is 11.4 Å². The normalized spacial score (nSPS) is 12.9. The third kappa shape index (κ3) is 6.58. The first-order valence-corrected chi connectivity index (χ1v) is 11.6. The van der Waals surface area contributed by atoms with Crippen LogP contribution in [0.3, 0.4) is 0 Å². The summed E-state index contributed by atoms with van der Waals surface area (Å²) in [4.78, 5) is 20.3. The van der Waals surface area contributed by atoms with Crippen LogP contribution >= 0.6 is 0 Å². The van der Waals surface area contributed by atoms with Gasteiger partial charge in [0.25, 0.3) is 0 Å². The highest BCUT2D eigenvalue weighted by Crippen LogP contribution is 2.30. The van der Waals surface area contributed by atoms with Crippen molar-refractivity contribution in [3.63, 3.8) is 0 Å². The molecule has 0 fully saturated rings. The van der Waals surface area contributed by atoms with Gasteiger partial charge in [-0.3, -0.25) is 10.1 Å². The molecule has 2 aromatic carbocycles. The fourth-order valence-corrected chi connectivity index (χ4v) is 4.05. The monoisotopic (exact) mass is 496 g/mol. The van der Waals surface area contributed by atoms with Crippen LogP contribution in [0.25, 0.3) is 11.3 Å². The number of hydrogen-bond acceptors (Lipinski definition) is 6. The van der Waals surface area contributed by atoms with Crippen molar-refractivity contribution in [3.05, 3.63) is 78.0 Å². The lowest BCUT2D eigenvalue weighted by Crippen LogP contribution is -2.43. The van der Waals surface area contributed by atoms with Crippen LogP contribution in [-0.2, 0) is 27.4 Å². The molecule has 1 amide bonds. The standard InChI is InChI=1S/C22H20F4N4O3S/c1-14(30-13-34(32,33)19-8-6-17(23)7-9-19)21(31)27-11-18-10-20(29-12-28-18)15-2-4-16(5-3-15)22(24,25)26/h2-10,12,14,30H,11,13H2,1H3,(H,27,31)/t14-/m1/s1. The summed E-state index contributed by atoms with van der Waals surface area (Å²) in [6.45, 7) is 1.47. The molecule has 2 N–H and O–H groups in total. The molecule has 1 atom stereocenters. The number of halogens is 4. The molecule has 34 heavy (non-hydrogen) atoms. The quantitative estimate of drug-likeness (QED) is 0.367.